The van der Waals surface area contributed by atoms with Crippen LogP contribution in [0.4, 0.5) is 11.5 Å². The van der Waals surface area contributed by atoms with Crippen molar-refractivity contribution in [2.75, 3.05) is 10.6 Å². The molecule has 3 aromatic rings. The van der Waals surface area contributed by atoms with Crippen molar-refractivity contribution in [1.82, 2.24) is 9.97 Å². The molecule has 1 heterocycles. The first-order chi connectivity index (χ1) is 12.1. The van der Waals surface area contributed by atoms with Gasteiger partial charge < -0.3 is 10.6 Å². The van der Waals surface area contributed by atoms with E-state index in [2.05, 4.69) is 26.7 Å². The highest BCUT2D eigenvalue weighted by Gasteiger charge is 2.22. The number of anilines is 2. The largest absolute Gasteiger partial charge is 0.366 e. The van der Waals surface area contributed by atoms with Gasteiger partial charge in [-0.3, -0.25) is 4.79 Å². The molecule has 0 saturated carbocycles. The molecule has 25 heavy (non-hydrogen) atoms. The van der Waals surface area contributed by atoms with Crippen LogP contribution in [-0.2, 0) is 17.6 Å². The fourth-order valence-electron chi connectivity index (χ4n) is 3.34. The van der Waals surface area contributed by atoms with Gasteiger partial charge in [-0.25, -0.2) is 9.97 Å². The summed E-state index contributed by atoms with van der Waals surface area (Å²) in [5, 5.41) is 7.94. The Morgan fingerprint density at radius 3 is 2.80 bits per heavy atom. The average Bonchev–Trinajstić information content (AvgIpc) is 2.96. The molecule has 1 atom stereocenters. The summed E-state index contributed by atoms with van der Waals surface area (Å²) < 4.78 is 0. The van der Waals surface area contributed by atoms with Crippen LogP contribution in [0.1, 0.15) is 18.1 Å². The molecule has 1 aliphatic carbocycles. The van der Waals surface area contributed by atoms with Gasteiger partial charge in [0.25, 0.3) is 0 Å². The minimum atomic E-state index is -0.0584. The maximum absolute atomic E-state index is 11.2. The summed E-state index contributed by atoms with van der Waals surface area (Å²) >= 11 is 6.12. The predicted molar refractivity (Wildman–Crippen MR) is 100 cm³/mol. The Morgan fingerprint density at radius 2 is 1.96 bits per heavy atom. The second-order valence-corrected chi connectivity index (χ2v) is 6.73. The van der Waals surface area contributed by atoms with Crippen molar-refractivity contribution in [3.63, 3.8) is 0 Å². The summed E-state index contributed by atoms with van der Waals surface area (Å²) in [6.07, 6.45) is 3.37. The number of nitrogens with zero attached hydrogens (tertiary/aromatic N) is 2. The monoisotopic (exact) mass is 352 g/mol. The number of hydrogen-bond donors (Lipinski definition) is 2. The standard InChI is InChI=1S/C19H17ClN4O/c1-11(25)23-15-4-2-12-6-16(8-13(12)7-15)24-19-17-9-14(20)3-5-18(17)21-10-22-19/h2-5,7,9-10,16H,6,8H2,1H3,(H,23,25)(H,21,22,24). The van der Waals surface area contributed by atoms with Crippen molar-refractivity contribution in [2.45, 2.75) is 25.8 Å². The van der Waals surface area contributed by atoms with E-state index in [1.807, 2.05) is 30.3 Å². The van der Waals surface area contributed by atoms with Crippen LogP contribution in [-0.4, -0.2) is 21.9 Å². The highest BCUT2D eigenvalue weighted by molar-refractivity contribution is 6.31. The third kappa shape index (κ3) is 3.28. The van der Waals surface area contributed by atoms with Crippen molar-refractivity contribution >= 4 is 39.9 Å². The normalized spacial score (nSPS) is 15.8. The van der Waals surface area contributed by atoms with Gasteiger partial charge in [0, 0.05) is 29.1 Å². The minimum Gasteiger partial charge on any atom is -0.366 e. The molecule has 0 bridgehead atoms. The predicted octanol–water partition coefficient (Wildman–Crippen LogP) is 3.82. The van der Waals surface area contributed by atoms with Gasteiger partial charge in [-0.15, -0.1) is 0 Å². The summed E-state index contributed by atoms with van der Waals surface area (Å²) in [6.45, 7) is 1.52. The molecule has 0 aliphatic heterocycles. The smallest absolute Gasteiger partial charge is 0.221 e. The molecule has 0 radical (unpaired) electrons. The van der Waals surface area contributed by atoms with Gasteiger partial charge in [0.2, 0.25) is 5.91 Å². The summed E-state index contributed by atoms with van der Waals surface area (Å²) in [5.41, 5.74) is 4.25. The van der Waals surface area contributed by atoms with E-state index in [1.165, 1.54) is 18.1 Å². The van der Waals surface area contributed by atoms with Crippen LogP contribution in [0.15, 0.2) is 42.7 Å². The summed E-state index contributed by atoms with van der Waals surface area (Å²) in [6, 6.07) is 11.9. The number of halogens is 1. The van der Waals surface area contributed by atoms with Crippen molar-refractivity contribution in [3.8, 4) is 0 Å². The van der Waals surface area contributed by atoms with E-state index in [0.717, 1.165) is 35.2 Å². The molecular weight excluding hydrogens is 336 g/mol. The summed E-state index contributed by atoms with van der Waals surface area (Å²) in [7, 11) is 0. The van der Waals surface area contributed by atoms with Crippen LogP contribution in [0.5, 0.6) is 0 Å². The van der Waals surface area contributed by atoms with E-state index in [-0.39, 0.29) is 11.9 Å². The number of carbonyl (C=O) groups excluding carboxylic acids is 1. The first kappa shape index (κ1) is 15.8. The van der Waals surface area contributed by atoms with Crippen molar-refractivity contribution in [3.05, 3.63) is 58.9 Å². The zero-order valence-corrected chi connectivity index (χ0v) is 14.5. The Balaban J connectivity index is 1.57. The molecule has 0 fully saturated rings. The Labute approximate surface area is 150 Å². The molecule has 2 aromatic carbocycles. The van der Waals surface area contributed by atoms with E-state index < -0.39 is 0 Å². The van der Waals surface area contributed by atoms with Gasteiger partial charge in [-0.1, -0.05) is 17.7 Å². The second-order valence-electron chi connectivity index (χ2n) is 6.30. The second kappa shape index (κ2) is 6.33. The van der Waals surface area contributed by atoms with E-state index in [9.17, 15) is 4.79 Å². The molecular formula is C19H17ClN4O. The molecule has 1 amide bonds. The van der Waals surface area contributed by atoms with Crippen LogP contribution in [0.3, 0.4) is 0 Å². The van der Waals surface area contributed by atoms with Gasteiger partial charge >= 0.3 is 0 Å². The highest BCUT2D eigenvalue weighted by atomic mass is 35.5. The molecule has 0 spiro atoms. The lowest BCUT2D eigenvalue weighted by Gasteiger charge is -2.14. The van der Waals surface area contributed by atoms with Crippen LogP contribution < -0.4 is 10.6 Å². The Morgan fingerprint density at radius 1 is 1.12 bits per heavy atom. The number of benzene rings is 2. The molecule has 126 valence electrons. The lowest BCUT2D eigenvalue weighted by molar-refractivity contribution is -0.114. The zero-order valence-electron chi connectivity index (χ0n) is 13.7. The van der Waals surface area contributed by atoms with Gasteiger partial charge in [-0.05, 0) is 54.3 Å². The SMILES string of the molecule is CC(=O)Nc1ccc2c(c1)CC(Nc1ncnc3ccc(Cl)cc13)C2. The Bertz CT molecular complexity index is 973. The van der Waals surface area contributed by atoms with Crippen LogP contribution in [0.25, 0.3) is 10.9 Å². The third-order valence-electron chi connectivity index (χ3n) is 4.40. The van der Waals surface area contributed by atoms with Gasteiger partial charge in [0.1, 0.15) is 12.1 Å². The molecule has 5 nitrogen and oxygen atoms in total. The lowest BCUT2D eigenvalue weighted by Crippen LogP contribution is -2.20. The number of aromatic nitrogens is 2. The summed E-state index contributed by atoms with van der Waals surface area (Å²) in [5.74, 6) is 0.740. The fraction of sp³-hybridized carbons (Fsp3) is 0.211. The molecule has 4 rings (SSSR count). The average molecular weight is 353 g/mol. The zero-order chi connectivity index (χ0) is 17.4. The van der Waals surface area contributed by atoms with Gasteiger partial charge in [0.05, 0.1) is 5.52 Å². The topological polar surface area (TPSA) is 66.9 Å². The Hall–Kier alpha value is -2.66. The Kier molecular flexibility index (Phi) is 4.01. The number of amides is 1. The third-order valence-corrected chi connectivity index (χ3v) is 4.63. The van der Waals surface area contributed by atoms with Crippen LogP contribution in [0.2, 0.25) is 5.02 Å². The van der Waals surface area contributed by atoms with E-state index in [0.29, 0.717) is 5.02 Å². The number of carbonyl (C=O) groups is 1. The van der Waals surface area contributed by atoms with Gasteiger partial charge in [-0.2, -0.15) is 0 Å². The number of hydrogen-bond acceptors (Lipinski definition) is 4. The molecule has 1 unspecified atom stereocenters. The van der Waals surface area contributed by atoms with Crippen LogP contribution >= 0.6 is 11.6 Å². The number of nitrogens with one attached hydrogen (secondary N) is 2. The molecule has 1 aromatic heterocycles. The molecule has 1 aliphatic rings. The van der Waals surface area contributed by atoms with Crippen LogP contribution in [0, 0.1) is 0 Å². The fourth-order valence-corrected chi connectivity index (χ4v) is 3.51. The number of fused-ring (bicyclic) bond motifs is 2. The minimum absolute atomic E-state index is 0.0584. The first-order valence-electron chi connectivity index (χ1n) is 8.15. The number of rotatable bonds is 3. The van der Waals surface area contributed by atoms with Crippen molar-refractivity contribution < 1.29 is 4.79 Å². The molecule has 2 N–H and O–H groups in total. The van der Waals surface area contributed by atoms with E-state index >= 15 is 0 Å². The first-order valence-corrected chi connectivity index (χ1v) is 8.52. The van der Waals surface area contributed by atoms with E-state index in [4.69, 9.17) is 11.6 Å². The van der Waals surface area contributed by atoms with Gasteiger partial charge in [0.15, 0.2) is 0 Å². The maximum atomic E-state index is 11.2. The van der Waals surface area contributed by atoms with Crippen molar-refractivity contribution in [2.24, 2.45) is 0 Å². The lowest BCUT2D eigenvalue weighted by atomic mass is 10.1. The van der Waals surface area contributed by atoms with E-state index in [1.54, 1.807) is 6.33 Å². The summed E-state index contributed by atoms with van der Waals surface area (Å²) in [4.78, 5) is 19.9. The highest BCUT2D eigenvalue weighted by Crippen LogP contribution is 2.29. The van der Waals surface area contributed by atoms with Crippen molar-refractivity contribution in [1.29, 1.82) is 0 Å². The maximum Gasteiger partial charge on any atom is 0.221 e. The molecule has 0 saturated heterocycles. The quantitative estimate of drug-likeness (QED) is 0.752. The molecule has 6 heteroatoms.